The highest BCUT2D eigenvalue weighted by Gasteiger charge is 2.44. The Morgan fingerprint density at radius 3 is 1.96 bits per heavy atom. The first kappa shape index (κ1) is 40.9. The summed E-state index contributed by atoms with van der Waals surface area (Å²) in [6.45, 7) is 4.16. The average Bonchev–Trinajstić information content (AvgIpc) is 3.04. The van der Waals surface area contributed by atoms with Crippen LogP contribution in [0, 0.1) is 0 Å². The van der Waals surface area contributed by atoms with E-state index in [9.17, 15) is 25.2 Å². The Hall–Kier alpha value is -2.11. The van der Waals surface area contributed by atoms with Crippen LogP contribution in [0.1, 0.15) is 97.3 Å². The summed E-state index contributed by atoms with van der Waals surface area (Å²) in [4.78, 5) is 12.4. The van der Waals surface area contributed by atoms with E-state index >= 15 is 0 Å². The Morgan fingerprint density at radius 1 is 0.733 bits per heavy atom. The van der Waals surface area contributed by atoms with E-state index in [1.807, 2.05) is 0 Å². The number of hydrogen-bond acceptors (Lipinski definition) is 9. The van der Waals surface area contributed by atoms with Crippen LogP contribution in [0.3, 0.4) is 0 Å². The third-order valence-electron chi connectivity index (χ3n) is 7.20. The molecule has 1 aliphatic rings. The van der Waals surface area contributed by atoms with Crippen molar-refractivity contribution in [3.05, 3.63) is 60.8 Å². The highest BCUT2D eigenvalue weighted by Crippen LogP contribution is 2.22. The first-order valence-corrected chi connectivity index (χ1v) is 16.9. The molecule has 0 aromatic heterocycles. The lowest BCUT2D eigenvalue weighted by atomic mass is 9.99. The molecule has 0 spiro atoms. The number of carbonyl (C=O) groups excluding carboxylic acids is 1. The van der Waals surface area contributed by atoms with Gasteiger partial charge in [-0.3, -0.25) is 4.79 Å². The fourth-order valence-electron chi connectivity index (χ4n) is 4.51. The highest BCUT2D eigenvalue weighted by molar-refractivity contribution is 5.69. The minimum atomic E-state index is -1.54. The van der Waals surface area contributed by atoms with Gasteiger partial charge in [0.2, 0.25) is 0 Å². The maximum Gasteiger partial charge on any atom is 0.306 e. The van der Waals surface area contributed by atoms with E-state index in [0.717, 1.165) is 77.0 Å². The molecule has 1 rings (SSSR count). The summed E-state index contributed by atoms with van der Waals surface area (Å²) in [7, 11) is 0. The topological polar surface area (TPSA) is 135 Å². The van der Waals surface area contributed by atoms with Crippen LogP contribution in [0.2, 0.25) is 0 Å². The predicted molar refractivity (Wildman–Crippen MR) is 177 cm³/mol. The van der Waals surface area contributed by atoms with Crippen molar-refractivity contribution in [3.63, 3.8) is 0 Å². The largest absolute Gasteiger partial charge is 0.457 e. The molecule has 0 radical (unpaired) electrons. The Kier molecular flexibility index (Phi) is 25.6. The van der Waals surface area contributed by atoms with Gasteiger partial charge in [0.1, 0.15) is 30.5 Å². The molecule has 0 aromatic rings. The monoisotopic (exact) mass is 636 g/mol. The van der Waals surface area contributed by atoms with Crippen LogP contribution in [0.5, 0.6) is 0 Å². The molecule has 0 aromatic carbocycles. The van der Waals surface area contributed by atoms with Crippen molar-refractivity contribution < 1.29 is 44.2 Å². The summed E-state index contributed by atoms with van der Waals surface area (Å²) in [6.07, 6.45) is 26.0. The molecule has 9 nitrogen and oxygen atoms in total. The number of aliphatic hydroxyl groups excluding tert-OH is 4. The molecule has 1 fully saturated rings. The average molecular weight is 637 g/mol. The molecule has 1 saturated heterocycles. The lowest BCUT2D eigenvalue weighted by Crippen LogP contribution is -2.59. The summed E-state index contributed by atoms with van der Waals surface area (Å²) < 4.78 is 22.4. The number of carbonyl (C=O) groups is 1. The molecular weight excluding hydrogens is 576 g/mol. The number of allylic oxidation sites excluding steroid dienone is 10. The number of hydrogen-bond donors (Lipinski definition) is 4. The molecular formula is C36H60O9. The summed E-state index contributed by atoms with van der Waals surface area (Å²) in [6, 6.07) is 0. The van der Waals surface area contributed by atoms with Crippen molar-refractivity contribution in [2.24, 2.45) is 0 Å². The summed E-state index contributed by atoms with van der Waals surface area (Å²) in [5.74, 6) is -0.351. The SMILES string of the molecule is CC/C=C\C/C=C\C/C=C\C/C=C\C/C=C\CCCCOCC(COC1OC(CO)C(O)C(O)C1O)OC(=O)CCCCCC. The summed E-state index contributed by atoms with van der Waals surface area (Å²) in [5.41, 5.74) is 0. The zero-order valence-corrected chi connectivity index (χ0v) is 27.6. The van der Waals surface area contributed by atoms with Gasteiger partial charge in [-0.25, -0.2) is 0 Å². The minimum absolute atomic E-state index is 0.111. The molecule has 6 atom stereocenters. The number of aliphatic hydroxyl groups is 4. The normalized spacial score (nSPS) is 23.4. The second kappa shape index (κ2) is 28.1. The zero-order valence-electron chi connectivity index (χ0n) is 27.6. The van der Waals surface area contributed by atoms with Gasteiger partial charge in [0.15, 0.2) is 6.29 Å². The van der Waals surface area contributed by atoms with Crippen LogP contribution in [-0.4, -0.2) is 89.6 Å². The predicted octanol–water partition coefficient (Wildman–Crippen LogP) is 5.62. The van der Waals surface area contributed by atoms with Gasteiger partial charge < -0.3 is 39.4 Å². The molecule has 0 aliphatic carbocycles. The maximum atomic E-state index is 12.4. The van der Waals surface area contributed by atoms with Gasteiger partial charge in [-0.15, -0.1) is 0 Å². The molecule has 1 heterocycles. The molecule has 45 heavy (non-hydrogen) atoms. The van der Waals surface area contributed by atoms with E-state index in [1.165, 1.54) is 0 Å². The number of rotatable bonds is 26. The van der Waals surface area contributed by atoms with E-state index in [4.69, 9.17) is 18.9 Å². The Balaban J connectivity index is 2.31. The molecule has 4 N–H and O–H groups in total. The van der Waals surface area contributed by atoms with Crippen molar-refractivity contribution in [1.29, 1.82) is 0 Å². The smallest absolute Gasteiger partial charge is 0.306 e. The Labute approximate surface area is 271 Å². The van der Waals surface area contributed by atoms with Crippen molar-refractivity contribution in [1.82, 2.24) is 0 Å². The molecule has 0 amide bonds. The van der Waals surface area contributed by atoms with Gasteiger partial charge in [-0.1, -0.05) is 93.9 Å². The van der Waals surface area contributed by atoms with Gasteiger partial charge in [0.05, 0.1) is 19.8 Å². The first-order chi connectivity index (χ1) is 21.9. The van der Waals surface area contributed by atoms with Gasteiger partial charge in [0.25, 0.3) is 0 Å². The third kappa shape index (κ3) is 20.6. The molecule has 0 saturated carbocycles. The maximum absolute atomic E-state index is 12.4. The van der Waals surface area contributed by atoms with Crippen LogP contribution in [-0.2, 0) is 23.7 Å². The quantitative estimate of drug-likeness (QED) is 0.0542. The molecule has 258 valence electrons. The molecule has 0 bridgehead atoms. The number of unbranched alkanes of at least 4 members (excludes halogenated alkanes) is 5. The van der Waals surface area contributed by atoms with E-state index in [2.05, 4.69) is 74.6 Å². The third-order valence-corrected chi connectivity index (χ3v) is 7.20. The molecule has 1 aliphatic heterocycles. The minimum Gasteiger partial charge on any atom is -0.457 e. The van der Waals surface area contributed by atoms with Crippen LogP contribution in [0.15, 0.2) is 60.8 Å². The fourth-order valence-corrected chi connectivity index (χ4v) is 4.51. The van der Waals surface area contributed by atoms with Crippen LogP contribution in [0.4, 0.5) is 0 Å². The van der Waals surface area contributed by atoms with Gasteiger partial charge in [-0.05, 0) is 57.8 Å². The van der Waals surface area contributed by atoms with Crippen molar-refractivity contribution in [2.45, 2.75) is 134 Å². The van der Waals surface area contributed by atoms with E-state index in [1.54, 1.807) is 0 Å². The highest BCUT2D eigenvalue weighted by atomic mass is 16.7. The van der Waals surface area contributed by atoms with Crippen LogP contribution < -0.4 is 0 Å². The second-order valence-corrected chi connectivity index (χ2v) is 11.2. The van der Waals surface area contributed by atoms with Crippen molar-refractivity contribution in [3.8, 4) is 0 Å². The molecule has 9 heteroatoms. The van der Waals surface area contributed by atoms with Crippen LogP contribution >= 0.6 is 0 Å². The standard InChI is InChI=1S/C36H60O9/c1-3-5-7-9-10-11-12-13-14-15-16-17-18-19-20-21-22-24-26-42-28-30(44-32(38)25-23-8-6-4-2)29-43-36-35(41)34(40)33(39)31(27-37)45-36/h5,7,10-11,13-14,16-17,19-20,30-31,33-37,39-41H,3-4,6,8-9,12,15,18,21-29H2,1-2H3/b7-5-,11-10-,14-13-,17-16-,20-19-. The first-order valence-electron chi connectivity index (χ1n) is 16.9. The Bertz CT molecular complexity index is 865. The second-order valence-electron chi connectivity index (χ2n) is 11.2. The number of esters is 1. The van der Waals surface area contributed by atoms with Gasteiger partial charge in [0, 0.05) is 13.0 Å². The fraction of sp³-hybridized carbons (Fsp3) is 0.694. The van der Waals surface area contributed by atoms with E-state index in [0.29, 0.717) is 13.0 Å². The lowest BCUT2D eigenvalue weighted by molar-refractivity contribution is -0.305. The zero-order chi connectivity index (χ0) is 33.0. The number of ether oxygens (including phenoxy) is 4. The lowest BCUT2D eigenvalue weighted by Gasteiger charge is -2.39. The Morgan fingerprint density at radius 2 is 1.36 bits per heavy atom. The van der Waals surface area contributed by atoms with Crippen molar-refractivity contribution in [2.75, 3.05) is 26.4 Å². The van der Waals surface area contributed by atoms with E-state index < -0.39 is 43.4 Å². The molecule has 6 unspecified atom stereocenters. The van der Waals surface area contributed by atoms with E-state index in [-0.39, 0.29) is 19.2 Å². The van der Waals surface area contributed by atoms with Gasteiger partial charge in [-0.2, -0.15) is 0 Å². The van der Waals surface area contributed by atoms with Gasteiger partial charge >= 0.3 is 5.97 Å². The van der Waals surface area contributed by atoms with Crippen LogP contribution in [0.25, 0.3) is 0 Å². The summed E-state index contributed by atoms with van der Waals surface area (Å²) in [5, 5.41) is 39.6. The van der Waals surface area contributed by atoms with Crippen molar-refractivity contribution >= 4 is 5.97 Å². The summed E-state index contributed by atoms with van der Waals surface area (Å²) >= 11 is 0.